The number of hydrogen-bond donors (Lipinski definition) is 0. The van der Waals surface area contributed by atoms with Crippen LogP contribution in [0.3, 0.4) is 0 Å². The smallest absolute Gasteiger partial charge is 0.233 e. The van der Waals surface area contributed by atoms with Gasteiger partial charge in [0.2, 0.25) is 11.9 Å². The zero-order chi connectivity index (χ0) is 14.0. The lowest BCUT2D eigenvalue weighted by atomic mass is 9.87. The van der Waals surface area contributed by atoms with E-state index in [0.29, 0.717) is 13.2 Å². The van der Waals surface area contributed by atoms with Gasteiger partial charge in [-0.15, -0.1) is 0 Å². The first-order valence-electron chi connectivity index (χ1n) is 7.08. The first kappa shape index (κ1) is 13.3. The fourth-order valence-corrected chi connectivity index (χ4v) is 2.69. The molecular formula is C14H20N4O2. The molecule has 3 heterocycles. The van der Waals surface area contributed by atoms with Crippen molar-refractivity contribution in [1.82, 2.24) is 14.9 Å². The summed E-state index contributed by atoms with van der Waals surface area (Å²) in [6.07, 6.45) is 4.45. The molecule has 0 atom stereocenters. The number of rotatable bonds is 2. The number of hydrogen-bond acceptors (Lipinski definition) is 5. The number of amides is 1. The molecule has 2 fully saturated rings. The van der Waals surface area contributed by atoms with E-state index in [2.05, 4.69) is 14.9 Å². The molecule has 2 aliphatic rings. The standard InChI is InChI=1S/C14H20N4O2/c1-14(10-20-11-14)12(19)17-6-3-7-18(9-8-17)13-15-4-2-5-16-13/h2,4-5H,3,6-11H2,1H3. The summed E-state index contributed by atoms with van der Waals surface area (Å²) < 4.78 is 5.19. The van der Waals surface area contributed by atoms with Crippen LogP contribution in [0.4, 0.5) is 5.95 Å². The van der Waals surface area contributed by atoms with E-state index >= 15 is 0 Å². The third kappa shape index (κ3) is 2.47. The Morgan fingerprint density at radius 1 is 1.20 bits per heavy atom. The maximum Gasteiger partial charge on any atom is 0.233 e. The molecule has 1 aromatic heterocycles. The first-order chi connectivity index (χ1) is 9.69. The summed E-state index contributed by atoms with van der Waals surface area (Å²) in [6.45, 7) is 6.29. The van der Waals surface area contributed by atoms with Gasteiger partial charge in [0, 0.05) is 38.6 Å². The molecule has 3 rings (SSSR count). The Labute approximate surface area is 118 Å². The fraction of sp³-hybridized carbons (Fsp3) is 0.643. The molecule has 0 N–H and O–H groups in total. The molecule has 0 radical (unpaired) electrons. The van der Waals surface area contributed by atoms with Crippen molar-refractivity contribution in [3.05, 3.63) is 18.5 Å². The lowest BCUT2D eigenvalue weighted by molar-refractivity contribution is -0.168. The summed E-state index contributed by atoms with van der Waals surface area (Å²) in [7, 11) is 0. The molecule has 6 nitrogen and oxygen atoms in total. The van der Waals surface area contributed by atoms with Crippen LogP contribution in [0, 0.1) is 5.41 Å². The molecule has 0 spiro atoms. The largest absolute Gasteiger partial charge is 0.379 e. The minimum Gasteiger partial charge on any atom is -0.379 e. The van der Waals surface area contributed by atoms with E-state index < -0.39 is 0 Å². The lowest BCUT2D eigenvalue weighted by Gasteiger charge is -2.40. The third-order valence-electron chi connectivity index (χ3n) is 3.98. The molecule has 20 heavy (non-hydrogen) atoms. The number of aromatic nitrogens is 2. The zero-order valence-corrected chi connectivity index (χ0v) is 11.8. The first-order valence-corrected chi connectivity index (χ1v) is 7.08. The van der Waals surface area contributed by atoms with Gasteiger partial charge in [-0.3, -0.25) is 4.79 Å². The van der Waals surface area contributed by atoms with Gasteiger partial charge in [-0.05, 0) is 19.4 Å². The van der Waals surface area contributed by atoms with Crippen LogP contribution in [0.1, 0.15) is 13.3 Å². The summed E-state index contributed by atoms with van der Waals surface area (Å²) in [5, 5.41) is 0. The van der Waals surface area contributed by atoms with Gasteiger partial charge in [0.05, 0.1) is 18.6 Å². The summed E-state index contributed by atoms with van der Waals surface area (Å²) in [6, 6.07) is 1.81. The average Bonchev–Trinajstić information content (AvgIpc) is 2.71. The topological polar surface area (TPSA) is 58.6 Å². The summed E-state index contributed by atoms with van der Waals surface area (Å²) >= 11 is 0. The van der Waals surface area contributed by atoms with E-state index in [1.54, 1.807) is 12.4 Å². The molecule has 2 saturated heterocycles. The van der Waals surface area contributed by atoms with E-state index in [1.165, 1.54) is 0 Å². The Morgan fingerprint density at radius 2 is 1.95 bits per heavy atom. The second-order valence-corrected chi connectivity index (χ2v) is 5.74. The van der Waals surface area contributed by atoms with Crippen LogP contribution < -0.4 is 4.90 Å². The SMILES string of the molecule is CC1(C(=O)N2CCCN(c3ncccn3)CC2)COC1. The predicted molar refractivity (Wildman–Crippen MR) is 74.4 cm³/mol. The summed E-state index contributed by atoms with van der Waals surface area (Å²) in [5.41, 5.74) is -0.307. The van der Waals surface area contributed by atoms with Crippen LogP contribution in [-0.2, 0) is 9.53 Å². The molecule has 0 unspecified atom stereocenters. The van der Waals surface area contributed by atoms with Gasteiger partial charge >= 0.3 is 0 Å². The molecule has 108 valence electrons. The van der Waals surface area contributed by atoms with Gasteiger partial charge in [0.1, 0.15) is 0 Å². The van der Waals surface area contributed by atoms with Crippen molar-refractivity contribution in [2.24, 2.45) is 5.41 Å². The Bertz CT molecular complexity index is 475. The summed E-state index contributed by atoms with van der Waals surface area (Å²) in [5.74, 6) is 0.972. The van der Waals surface area contributed by atoms with E-state index in [1.807, 2.05) is 17.9 Å². The van der Waals surface area contributed by atoms with Crippen molar-refractivity contribution in [2.75, 3.05) is 44.3 Å². The molecule has 0 aromatic carbocycles. The van der Waals surface area contributed by atoms with Crippen molar-refractivity contribution >= 4 is 11.9 Å². The molecule has 0 aliphatic carbocycles. The highest BCUT2D eigenvalue weighted by atomic mass is 16.5. The van der Waals surface area contributed by atoms with Gasteiger partial charge in [0.25, 0.3) is 0 Å². The molecule has 6 heteroatoms. The average molecular weight is 276 g/mol. The molecular weight excluding hydrogens is 256 g/mol. The minimum absolute atomic E-state index is 0.222. The normalized spacial score (nSPS) is 22.1. The summed E-state index contributed by atoms with van der Waals surface area (Å²) in [4.78, 5) is 25.2. The van der Waals surface area contributed by atoms with Gasteiger partial charge in [0.15, 0.2) is 0 Å². The third-order valence-corrected chi connectivity index (χ3v) is 3.98. The van der Waals surface area contributed by atoms with E-state index in [0.717, 1.165) is 38.5 Å². The van der Waals surface area contributed by atoms with Crippen LogP contribution in [0.15, 0.2) is 18.5 Å². The Hall–Kier alpha value is -1.69. The van der Waals surface area contributed by atoms with E-state index in [9.17, 15) is 4.79 Å². The van der Waals surface area contributed by atoms with Crippen LogP contribution >= 0.6 is 0 Å². The molecule has 0 bridgehead atoms. The van der Waals surface area contributed by atoms with Crippen LogP contribution in [0.5, 0.6) is 0 Å². The molecule has 1 amide bonds. The maximum atomic E-state index is 12.5. The van der Waals surface area contributed by atoms with Crippen molar-refractivity contribution in [3.63, 3.8) is 0 Å². The molecule has 1 aromatic rings. The quantitative estimate of drug-likeness (QED) is 0.789. The number of nitrogens with zero attached hydrogens (tertiary/aromatic N) is 4. The Balaban J connectivity index is 1.64. The van der Waals surface area contributed by atoms with E-state index in [-0.39, 0.29) is 11.3 Å². The van der Waals surface area contributed by atoms with Crippen LogP contribution in [0.25, 0.3) is 0 Å². The lowest BCUT2D eigenvalue weighted by Crippen LogP contribution is -2.54. The van der Waals surface area contributed by atoms with Crippen molar-refractivity contribution in [3.8, 4) is 0 Å². The van der Waals surface area contributed by atoms with Crippen molar-refractivity contribution in [2.45, 2.75) is 13.3 Å². The highest BCUT2D eigenvalue weighted by Gasteiger charge is 2.43. The monoisotopic (exact) mass is 276 g/mol. The van der Waals surface area contributed by atoms with Crippen LogP contribution in [-0.4, -0.2) is 60.2 Å². The second-order valence-electron chi connectivity index (χ2n) is 5.74. The molecule has 0 saturated carbocycles. The zero-order valence-electron chi connectivity index (χ0n) is 11.8. The highest BCUT2D eigenvalue weighted by molar-refractivity contribution is 5.83. The van der Waals surface area contributed by atoms with Crippen molar-refractivity contribution in [1.29, 1.82) is 0 Å². The van der Waals surface area contributed by atoms with Gasteiger partial charge in [-0.25, -0.2) is 9.97 Å². The predicted octanol–water partition coefficient (Wildman–Crippen LogP) is 0.552. The Morgan fingerprint density at radius 3 is 2.60 bits per heavy atom. The molecule has 2 aliphatic heterocycles. The highest BCUT2D eigenvalue weighted by Crippen LogP contribution is 2.29. The number of ether oxygens (including phenoxy) is 1. The van der Waals surface area contributed by atoms with Crippen LogP contribution in [0.2, 0.25) is 0 Å². The van der Waals surface area contributed by atoms with Gasteiger partial charge in [-0.1, -0.05) is 0 Å². The maximum absolute atomic E-state index is 12.5. The van der Waals surface area contributed by atoms with E-state index in [4.69, 9.17) is 4.74 Å². The number of carbonyl (C=O) groups excluding carboxylic acids is 1. The van der Waals surface area contributed by atoms with Gasteiger partial charge in [-0.2, -0.15) is 0 Å². The number of carbonyl (C=O) groups is 1. The van der Waals surface area contributed by atoms with Gasteiger partial charge < -0.3 is 14.5 Å². The minimum atomic E-state index is -0.307. The second kappa shape index (κ2) is 5.36. The fourth-order valence-electron chi connectivity index (χ4n) is 2.69. The van der Waals surface area contributed by atoms with Crippen molar-refractivity contribution < 1.29 is 9.53 Å². The Kier molecular flexibility index (Phi) is 3.56. The number of anilines is 1.